The Hall–Kier alpha value is -2.64. The molecule has 0 spiro atoms. The highest BCUT2D eigenvalue weighted by Gasteiger charge is 2.23. The van der Waals surface area contributed by atoms with Gasteiger partial charge >= 0.3 is 0 Å². The molecule has 2 aliphatic heterocycles. The van der Waals surface area contributed by atoms with Gasteiger partial charge in [0.1, 0.15) is 5.82 Å². The Morgan fingerprint density at radius 1 is 1.00 bits per heavy atom. The monoisotopic (exact) mass is 449 g/mol. The number of nitrogens with zero attached hydrogens (tertiary/aromatic N) is 5. The first-order chi connectivity index (χ1) is 16.2. The van der Waals surface area contributed by atoms with Crippen LogP contribution in [0, 0.1) is 0 Å². The van der Waals surface area contributed by atoms with E-state index in [1.807, 2.05) is 6.20 Å². The molecule has 1 aromatic carbocycles. The van der Waals surface area contributed by atoms with E-state index in [2.05, 4.69) is 86.8 Å². The highest BCUT2D eigenvalue weighted by atomic mass is 15.3. The molecule has 4 rings (SSSR count). The normalized spacial score (nSPS) is 19.0. The Labute approximate surface area is 198 Å². The third-order valence-corrected chi connectivity index (χ3v) is 6.63. The molecule has 2 aliphatic rings. The lowest BCUT2D eigenvalue weighted by Gasteiger charge is -2.33. The van der Waals surface area contributed by atoms with E-state index in [1.54, 1.807) is 0 Å². The van der Waals surface area contributed by atoms with Gasteiger partial charge in [-0.25, -0.2) is 9.98 Å². The molecule has 0 aliphatic carbocycles. The lowest BCUT2D eigenvalue weighted by Crippen LogP contribution is -2.44. The maximum atomic E-state index is 4.90. The van der Waals surface area contributed by atoms with Crippen LogP contribution in [0.25, 0.3) is 0 Å². The fraction of sp³-hybridized carbons (Fsp3) is 0.538. The van der Waals surface area contributed by atoms with Gasteiger partial charge in [0.2, 0.25) is 0 Å². The van der Waals surface area contributed by atoms with E-state index in [0.717, 1.165) is 51.0 Å². The first-order valence-electron chi connectivity index (χ1n) is 12.4. The first kappa shape index (κ1) is 23.5. The molecule has 2 saturated heterocycles. The summed E-state index contributed by atoms with van der Waals surface area (Å²) in [5, 5.41) is 7.04. The molecule has 33 heavy (non-hydrogen) atoms. The molecule has 3 heterocycles. The predicted molar refractivity (Wildman–Crippen MR) is 137 cm³/mol. The third kappa shape index (κ3) is 6.68. The minimum absolute atomic E-state index is 0.363. The van der Waals surface area contributed by atoms with E-state index < -0.39 is 0 Å². The van der Waals surface area contributed by atoms with Crippen molar-refractivity contribution in [3.63, 3.8) is 0 Å². The second-order valence-electron chi connectivity index (χ2n) is 9.06. The van der Waals surface area contributed by atoms with Gasteiger partial charge in [-0.1, -0.05) is 30.3 Å². The quantitative estimate of drug-likeness (QED) is 0.477. The molecule has 1 atom stereocenters. The minimum atomic E-state index is 0.363. The zero-order valence-corrected chi connectivity index (χ0v) is 20.2. The molecule has 2 N–H and O–H groups in total. The van der Waals surface area contributed by atoms with Crippen LogP contribution in [0.5, 0.6) is 0 Å². The van der Waals surface area contributed by atoms with E-state index in [4.69, 9.17) is 4.99 Å². The second-order valence-corrected chi connectivity index (χ2v) is 9.06. The molecular weight excluding hydrogens is 410 g/mol. The topological polar surface area (TPSA) is 59.0 Å². The summed E-state index contributed by atoms with van der Waals surface area (Å²) in [7, 11) is 2.18. The molecule has 1 aromatic heterocycles. The third-order valence-electron chi connectivity index (χ3n) is 6.63. The second kappa shape index (κ2) is 12.0. The molecule has 0 bridgehead atoms. The Morgan fingerprint density at radius 3 is 2.48 bits per heavy atom. The summed E-state index contributed by atoms with van der Waals surface area (Å²) in [5.74, 6) is 1.93. The fourth-order valence-corrected chi connectivity index (χ4v) is 4.66. The standard InChI is InChI=1S/C26H39N7/c1-3-27-26(30-21-24(32-13-7-8-14-32)23-9-5-4-6-10-23)29-20-22-11-12-28-25(19-22)33-17-15-31(2)16-18-33/h4-6,9-12,19,24H,3,7-8,13-18,20-21H2,1-2H3,(H2,27,29,30). The molecule has 0 amide bonds. The summed E-state index contributed by atoms with van der Waals surface area (Å²) in [6, 6.07) is 15.5. The molecular formula is C26H39N7. The van der Waals surface area contributed by atoms with Gasteiger partial charge in [0, 0.05) is 45.5 Å². The predicted octanol–water partition coefficient (Wildman–Crippen LogP) is 2.73. The van der Waals surface area contributed by atoms with Gasteiger partial charge in [0.15, 0.2) is 5.96 Å². The van der Waals surface area contributed by atoms with Gasteiger partial charge in [0.25, 0.3) is 0 Å². The van der Waals surface area contributed by atoms with E-state index in [1.165, 1.54) is 37.1 Å². The van der Waals surface area contributed by atoms with Gasteiger partial charge in [-0.05, 0) is 63.2 Å². The molecule has 1 unspecified atom stereocenters. The van der Waals surface area contributed by atoms with Crippen molar-refractivity contribution < 1.29 is 0 Å². The van der Waals surface area contributed by atoms with Crippen molar-refractivity contribution >= 4 is 11.8 Å². The van der Waals surface area contributed by atoms with Crippen molar-refractivity contribution in [2.45, 2.75) is 32.4 Å². The number of guanidine groups is 1. The van der Waals surface area contributed by atoms with Crippen molar-refractivity contribution in [3.05, 3.63) is 59.8 Å². The number of nitrogens with one attached hydrogen (secondary N) is 2. The molecule has 7 nitrogen and oxygen atoms in total. The SMILES string of the molecule is CCNC(=NCc1ccnc(N2CCN(C)CC2)c1)NCC(c1ccccc1)N1CCCC1. The summed E-state index contributed by atoms with van der Waals surface area (Å²) in [6.45, 7) is 11.0. The average molecular weight is 450 g/mol. The van der Waals surface area contributed by atoms with Crippen LogP contribution in [0.15, 0.2) is 53.7 Å². The Morgan fingerprint density at radius 2 is 1.76 bits per heavy atom. The van der Waals surface area contributed by atoms with Crippen LogP contribution in [-0.4, -0.2) is 80.1 Å². The summed E-state index contributed by atoms with van der Waals surface area (Å²) in [6.07, 6.45) is 4.49. The molecule has 0 radical (unpaired) electrons. The van der Waals surface area contributed by atoms with Crippen molar-refractivity contribution in [3.8, 4) is 0 Å². The van der Waals surface area contributed by atoms with Crippen LogP contribution in [0.2, 0.25) is 0 Å². The van der Waals surface area contributed by atoms with Crippen molar-refractivity contribution in [2.75, 3.05) is 64.3 Å². The van der Waals surface area contributed by atoms with Gasteiger partial charge in [-0.3, -0.25) is 4.90 Å². The summed E-state index contributed by atoms with van der Waals surface area (Å²) in [4.78, 5) is 16.8. The number of benzene rings is 1. The number of likely N-dealkylation sites (tertiary alicyclic amines) is 1. The number of rotatable bonds is 8. The lowest BCUT2D eigenvalue weighted by molar-refractivity contribution is 0.245. The number of likely N-dealkylation sites (N-methyl/N-ethyl adjacent to an activating group) is 1. The van der Waals surface area contributed by atoms with Crippen LogP contribution < -0.4 is 15.5 Å². The largest absolute Gasteiger partial charge is 0.357 e. The van der Waals surface area contributed by atoms with Crippen LogP contribution in [0.4, 0.5) is 5.82 Å². The highest BCUT2D eigenvalue weighted by molar-refractivity contribution is 5.79. The molecule has 7 heteroatoms. The zero-order valence-electron chi connectivity index (χ0n) is 20.2. The Bertz CT molecular complexity index is 871. The van der Waals surface area contributed by atoms with Gasteiger partial charge in [-0.2, -0.15) is 0 Å². The molecule has 0 saturated carbocycles. The minimum Gasteiger partial charge on any atom is -0.357 e. The summed E-state index contributed by atoms with van der Waals surface area (Å²) >= 11 is 0. The number of aromatic nitrogens is 1. The Kier molecular flexibility index (Phi) is 8.55. The van der Waals surface area contributed by atoms with E-state index >= 15 is 0 Å². The molecule has 2 fully saturated rings. The molecule has 2 aromatic rings. The first-order valence-corrected chi connectivity index (χ1v) is 12.4. The van der Waals surface area contributed by atoms with Crippen LogP contribution in [-0.2, 0) is 6.54 Å². The van der Waals surface area contributed by atoms with E-state index in [0.29, 0.717) is 12.6 Å². The summed E-state index contributed by atoms with van der Waals surface area (Å²) < 4.78 is 0. The number of pyridine rings is 1. The van der Waals surface area contributed by atoms with Crippen molar-refractivity contribution in [2.24, 2.45) is 4.99 Å². The number of hydrogen-bond acceptors (Lipinski definition) is 5. The van der Waals surface area contributed by atoms with Gasteiger partial charge < -0.3 is 20.4 Å². The van der Waals surface area contributed by atoms with Gasteiger partial charge in [0.05, 0.1) is 12.6 Å². The van der Waals surface area contributed by atoms with Gasteiger partial charge in [-0.15, -0.1) is 0 Å². The number of anilines is 1. The van der Waals surface area contributed by atoms with Crippen LogP contribution >= 0.6 is 0 Å². The fourth-order valence-electron chi connectivity index (χ4n) is 4.66. The van der Waals surface area contributed by atoms with Crippen molar-refractivity contribution in [1.82, 2.24) is 25.4 Å². The zero-order chi connectivity index (χ0) is 22.9. The number of hydrogen-bond donors (Lipinski definition) is 2. The van der Waals surface area contributed by atoms with Crippen molar-refractivity contribution in [1.29, 1.82) is 0 Å². The van der Waals surface area contributed by atoms with E-state index in [9.17, 15) is 0 Å². The van der Waals surface area contributed by atoms with Crippen LogP contribution in [0.1, 0.15) is 36.9 Å². The maximum Gasteiger partial charge on any atom is 0.191 e. The highest BCUT2D eigenvalue weighted by Crippen LogP contribution is 2.24. The van der Waals surface area contributed by atoms with E-state index in [-0.39, 0.29) is 0 Å². The number of piperazine rings is 1. The number of aliphatic imine (C=N–C) groups is 1. The average Bonchev–Trinajstić information content (AvgIpc) is 3.38. The smallest absolute Gasteiger partial charge is 0.191 e. The lowest BCUT2D eigenvalue weighted by atomic mass is 10.1. The van der Waals surface area contributed by atoms with Crippen LogP contribution in [0.3, 0.4) is 0 Å². The molecule has 178 valence electrons. The summed E-state index contributed by atoms with van der Waals surface area (Å²) in [5.41, 5.74) is 2.56. The Balaban J connectivity index is 1.40. The maximum absolute atomic E-state index is 4.90.